The van der Waals surface area contributed by atoms with Gasteiger partial charge in [0.2, 0.25) is 0 Å². The summed E-state index contributed by atoms with van der Waals surface area (Å²) in [5.41, 5.74) is 1.36. The third kappa shape index (κ3) is 3.13. The summed E-state index contributed by atoms with van der Waals surface area (Å²) in [7, 11) is 0. The van der Waals surface area contributed by atoms with Crippen LogP contribution in [0, 0.1) is 0 Å². The minimum absolute atomic E-state index is 0.453. The van der Waals surface area contributed by atoms with Crippen molar-refractivity contribution in [2.45, 2.75) is 33.2 Å². The Kier molecular flexibility index (Phi) is 4.97. The third-order valence-corrected chi connectivity index (χ3v) is 2.18. The van der Waals surface area contributed by atoms with Crippen molar-refractivity contribution < 1.29 is 9.53 Å². The largest absolute Gasteiger partial charge is 0.382 e. The molecule has 5 nitrogen and oxygen atoms in total. The summed E-state index contributed by atoms with van der Waals surface area (Å²) in [5.74, 6) is 0. The zero-order chi connectivity index (χ0) is 11.1. The molecule has 1 heterocycles. The molecule has 15 heavy (non-hydrogen) atoms. The van der Waals surface area contributed by atoms with Gasteiger partial charge in [0.1, 0.15) is 5.69 Å². The van der Waals surface area contributed by atoms with Gasteiger partial charge in [-0.1, -0.05) is 12.1 Å². The highest BCUT2D eigenvalue weighted by molar-refractivity contribution is 5.73. The molecule has 84 valence electrons. The molecule has 0 saturated carbocycles. The van der Waals surface area contributed by atoms with E-state index in [1.165, 1.54) is 0 Å². The highest BCUT2D eigenvalue weighted by Crippen LogP contribution is 2.04. The Hall–Kier alpha value is -1.23. The minimum atomic E-state index is 0.453. The van der Waals surface area contributed by atoms with Crippen molar-refractivity contribution in [1.82, 2.24) is 15.0 Å². The first-order valence-electron chi connectivity index (χ1n) is 5.28. The molecule has 0 atom stereocenters. The molecule has 0 spiro atoms. The van der Waals surface area contributed by atoms with E-state index in [1.807, 2.05) is 13.8 Å². The van der Waals surface area contributed by atoms with E-state index in [4.69, 9.17) is 4.74 Å². The van der Waals surface area contributed by atoms with E-state index >= 15 is 0 Å². The fourth-order valence-electron chi connectivity index (χ4n) is 1.44. The Morgan fingerprint density at radius 1 is 1.47 bits per heavy atom. The third-order valence-electron chi connectivity index (χ3n) is 2.18. The second-order valence-corrected chi connectivity index (χ2v) is 3.17. The van der Waals surface area contributed by atoms with E-state index in [2.05, 4.69) is 10.3 Å². The Labute approximate surface area is 89.4 Å². The van der Waals surface area contributed by atoms with Crippen LogP contribution >= 0.6 is 0 Å². The number of aromatic nitrogens is 3. The standard InChI is InChI=1S/C10H17N3O2/c1-3-10-9(8-14)11-12-13(10)6-5-7-15-4-2/h8H,3-7H2,1-2H3. The lowest BCUT2D eigenvalue weighted by molar-refractivity contribution is 0.111. The first-order chi connectivity index (χ1) is 7.33. The zero-order valence-electron chi connectivity index (χ0n) is 9.27. The summed E-state index contributed by atoms with van der Waals surface area (Å²) in [5, 5.41) is 7.74. The molecule has 0 radical (unpaired) electrons. The van der Waals surface area contributed by atoms with Crippen LogP contribution in [-0.4, -0.2) is 34.5 Å². The monoisotopic (exact) mass is 211 g/mol. The molecule has 0 bridgehead atoms. The fourth-order valence-corrected chi connectivity index (χ4v) is 1.44. The van der Waals surface area contributed by atoms with E-state index in [0.717, 1.165) is 44.6 Å². The van der Waals surface area contributed by atoms with Crippen LogP contribution in [0.4, 0.5) is 0 Å². The summed E-state index contributed by atoms with van der Waals surface area (Å²) in [6, 6.07) is 0. The van der Waals surface area contributed by atoms with Crippen molar-refractivity contribution in [2.24, 2.45) is 0 Å². The quantitative estimate of drug-likeness (QED) is 0.500. The molecule has 0 aliphatic heterocycles. The van der Waals surface area contributed by atoms with Gasteiger partial charge >= 0.3 is 0 Å². The Balaban J connectivity index is 2.53. The number of rotatable bonds is 7. The molecule has 1 aromatic rings. The van der Waals surface area contributed by atoms with Crippen LogP contribution in [0.2, 0.25) is 0 Å². The lowest BCUT2D eigenvalue weighted by atomic mass is 10.2. The number of ether oxygens (including phenoxy) is 1. The van der Waals surface area contributed by atoms with Crippen molar-refractivity contribution in [1.29, 1.82) is 0 Å². The van der Waals surface area contributed by atoms with Gasteiger partial charge in [-0.25, -0.2) is 4.68 Å². The molecule has 0 unspecified atom stereocenters. The normalized spacial score (nSPS) is 10.5. The van der Waals surface area contributed by atoms with Gasteiger partial charge < -0.3 is 4.74 Å². The predicted octanol–water partition coefficient (Wildman–Crippen LogP) is 1.08. The first-order valence-corrected chi connectivity index (χ1v) is 5.28. The van der Waals surface area contributed by atoms with Crippen LogP contribution in [0.5, 0.6) is 0 Å². The Morgan fingerprint density at radius 3 is 2.87 bits per heavy atom. The molecular formula is C10H17N3O2. The van der Waals surface area contributed by atoms with Crippen molar-refractivity contribution in [3.05, 3.63) is 11.4 Å². The molecule has 1 aromatic heterocycles. The Morgan fingerprint density at radius 2 is 2.27 bits per heavy atom. The predicted molar refractivity (Wildman–Crippen MR) is 55.9 cm³/mol. The van der Waals surface area contributed by atoms with Crippen LogP contribution in [0.15, 0.2) is 0 Å². The molecule has 0 aromatic carbocycles. The maximum absolute atomic E-state index is 10.6. The minimum Gasteiger partial charge on any atom is -0.382 e. The number of nitrogens with zero attached hydrogens (tertiary/aromatic N) is 3. The SMILES string of the molecule is CCOCCCn1nnc(C=O)c1CC. The lowest BCUT2D eigenvalue weighted by Crippen LogP contribution is -2.08. The van der Waals surface area contributed by atoms with Crippen molar-refractivity contribution >= 4 is 6.29 Å². The van der Waals surface area contributed by atoms with Crippen molar-refractivity contribution in [3.8, 4) is 0 Å². The van der Waals surface area contributed by atoms with Crippen LogP contribution in [0.1, 0.15) is 36.5 Å². The molecule has 0 aliphatic rings. The summed E-state index contributed by atoms with van der Waals surface area (Å²) in [6.45, 7) is 6.17. The Bertz CT molecular complexity index is 310. The zero-order valence-corrected chi connectivity index (χ0v) is 9.27. The van der Waals surface area contributed by atoms with E-state index in [9.17, 15) is 4.79 Å². The smallest absolute Gasteiger partial charge is 0.172 e. The molecule has 0 amide bonds. The average molecular weight is 211 g/mol. The maximum Gasteiger partial charge on any atom is 0.172 e. The fraction of sp³-hybridized carbons (Fsp3) is 0.700. The van der Waals surface area contributed by atoms with Gasteiger partial charge in [-0.15, -0.1) is 5.10 Å². The molecule has 5 heteroatoms. The van der Waals surface area contributed by atoms with Crippen LogP contribution in [0.3, 0.4) is 0 Å². The number of hydrogen-bond donors (Lipinski definition) is 0. The van der Waals surface area contributed by atoms with Gasteiger partial charge in [0.25, 0.3) is 0 Å². The summed E-state index contributed by atoms with van der Waals surface area (Å²) >= 11 is 0. The first kappa shape index (κ1) is 11.8. The molecule has 1 rings (SSSR count). The van der Waals surface area contributed by atoms with E-state index in [1.54, 1.807) is 4.68 Å². The topological polar surface area (TPSA) is 57.0 Å². The summed E-state index contributed by atoms with van der Waals surface area (Å²) in [6.07, 6.45) is 2.42. The van der Waals surface area contributed by atoms with Crippen molar-refractivity contribution in [2.75, 3.05) is 13.2 Å². The maximum atomic E-state index is 10.6. The van der Waals surface area contributed by atoms with Gasteiger partial charge in [-0.3, -0.25) is 4.79 Å². The van der Waals surface area contributed by atoms with Crippen LogP contribution in [0.25, 0.3) is 0 Å². The number of aryl methyl sites for hydroxylation is 1. The summed E-state index contributed by atoms with van der Waals surface area (Å²) < 4.78 is 7.01. The molecular weight excluding hydrogens is 194 g/mol. The van der Waals surface area contributed by atoms with E-state index in [-0.39, 0.29) is 0 Å². The number of carbonyl (C=O) groups excluding carboxylic acids is 1. The van der Waals surface area contributed by atoms with Crippen molar-refractivity contribution in [3.63, 3.8) is 0 Å². The van der Waals surface area contributed by atoms with Crippen LogP contribution < -0.4 is 0 Å². The highest BCUT2D eigenvalue weighted by Gasteiger charge is 2.09. The lowest BCUT2D eigenvalue weighted by Gasteiger charge is -2.04. The van der Waals surface area contributed by atoms with Gasteiger partial charge in [0, 0.05) is 19.8 Å². The van der Waals surface area contributed by atoms with E-state index < -0.39 is 0 Å². The molecule has 0 aliphatic carbocycles. The van der Waals surface area contributed by atoms with Gasteiger partial charge in [-0.2, -0.15) is 0 Å². The molecule has 0 fully saturated rings. The molecule has 0 N–H and O–H groups in total. The van der Waals surface area contributed by atoms with Gasteiger partial charge in [0.05, 0.1) is 5.69 Å². The second kappa shape index (κ2) is 6.29. The van der Waals surface area contributed by atoms with Gasteiger partial charge in [-0.05, 0) is 19.8 Å². The molecule has 0 saturated heterocycles. The number of carbonyl (C=O) groups is 1. The average Bonchev–Trinajstić information content (AvgIpc) is 2.66. The summed E-state index contributed by atoms with van der Waals surface area (Å²) in [4.78, 5) is 10.6. The van der Waals surface area contributed by atoms with Gasteiger partial charge in [0.15, 0.2) is 6.29 Å². The second-order valence-electron chi connectivity index (χ2n) is 3.17. The highest BCUT2D eigenvalue weighted by atomic mass is 16.5. The number of hydrogen-bond acceptors (Lipinski definition) is 4. The van der Waals surface area contributed by atoms with E-state index in [0.29, 0.717) is 5.69 Å². The number of aldehydes is 1. The van der Waals surface area contributed by atoms with Crippen LogP contribution in [-0.2, 0) is 17.7 Å².